The van der Waals surface area contributed by atoms with Crippen LogP contribution in [0.15, 0.2) is 18.2 Å². The van der Waals surface area contributed by atoms with E-state index in [0.29, 0.717) is 0 Å². The van der Waals surface area contributed by atoms with E-state index in [9.17, 15) is 16.8 Å². The van der Waals surface area contributed by atoms with Crippen LogP contribution in [0.5, 0.6) is 0 Å². The van der Waals surface area contributed by atoms with Gasteiger partial charge in [-0.3, -0.25) is 0 Å². The van der Waals surface area contributed by atoms with Crippen LogP contribution in [0.3, 0.4) is 0 Å². The molecule has 0 fully saturated rings. The lowest BCUT2D eigenvalue weighted by atomic mass is 10.2. The summed E-state index contributed by atoms with van der Waals surface area (Å²) < 4.78 is 51.1. The lowest BCUT2D eigenvalue weighted by Crippen LogP contribution is -1.94. The Morgan fingerprint density at radius 1 is 0.882 bits per heavy atom. The Morgan fingerprint density at radius 3 is 1.82 bits per heavy atom. The average molecular weight is 276 g/mol. The molecule has 0 unspecified atom stereocenters. The highest BCUT2D eigenvalue weighted by Crippen LogP contribution is 2.38. The Kier molecular flexibility index (Phi) is 3.68. The third-order valence-corrected chi connectivity index (χ3v) is 2.72. The van der Waals surface area contributed by atoms with E-state index in [1.54, 1.807) is 13.0 Å². The Bertz CT molecular complexity index is 620. The minimum absolute atomic E-state index is 0.0172. The van der Waals surface area contributed by atoms with Gasteiger partial charge in [-0.1, -0.05) is 23.8 Å². The molecule has 0 aliphatic heterocycles. The highest BCUT2D eigenvalue weighted by atomic mass is 32.2. The number of aryl methyl sites for hydroxylation is 1. The predicted molar refractivity (Wildman–Crippen MR) is 66.9 cm³/mol. The standard InChI is InChI=1S/C9H12N2O4S2/c1-7-4-5-8(10-16(2,12)13)9(6-7)11-17(3,14)15/h4-6H,1-3H3/q-2. The zero-order valence-corrected chi connectivity index (χ0v) is 11.2. The van der Waals surface area contributed by atoms with Crippen molar-refractivity contribution >= 4 is 31.4 Å². The first-order valence-corrected chi connectivity index (χ1v) is 8.23. The van der Waals surface area contributed by atoms with Gasteiger partial charge in [-0.2, -0.15) is 0 Å². The maximum atomic E-state index is 11.1. The van der Waals surface area contributed by atoms with E-state index in [2.05, 4.69) is 9.44 Å². The van der Waals surface area contributed by atoms with E-state index in [-0.39, 0.29) is 11.4 Å². The largest absolute Gasteiger partial charge is 0.578 e. The Hall–Kier alpha value is -1.28. The van der Waals surface area contributed by atoms with Crippen molar-refractivity contribution in [3.8, 4) is 0 Å². The van der Waals surface area contributed by atoms with Crippen molar-refractivity contribution in [3.63, 3.8) is 0 Å². The molecule has 0 aromatic heterocycles. The highest BCUT2D eigenvalue weighted by Gasteiger charge is 1.95. The number of rotatable bonds is 4. The van der Waals surface area contributed by atoms with Crippen LogP contribution in [0.25, 0.3) is 9.44 Å². The molecule has 0 amide bonds. The molecule has 17 heavy (non-hydrogen) atoms. The van der Waals surface area contributed by atoms with Crippen molar-refractivity contribution in [2.24, 2.45) is 0 Å². The maximum Gasteiger partial charge on any atom is 0.0908 e. The smallest absolute Gasteiger partial charge is 0.0908 e. The summed E-state index contributed by atoms with van der Waals surface area (Å²) in [5, 5.41) is 0. The van der Waals surface area contributed by atoms with Crippen LogP contribution in [-0.2, 0) is 20.0 Å². The van der Waals surface area contributed by atoms with E-state index in [1.807, 2.05) is 0 Å². The van der Waals surface area contributed by atoms with E-state index < -0.39 is 20.0 Å². The van der Waals surface area contributed by atoms with E-state index in [1.165, 1.54) is 12.1 Å². The van der Waals surface area contributed by atoms with Crippen molar-refractivity contribution in [2.75, 3.05) is 12.5 Å². The molecule has 0 N–H and O–H groups in total. The number of hydrogen-bond acceptors (Lipinski definition) is 4. The molecule has 0 radical (unpaired) electrons. The Labute approximate surface area is 101 Å². The molecular formula is C9H12N2O4S2-2. The highest BCUT2D eigenvalue weighted by molar-refractivity contribution is 7.94. The first-order valence-electron chi connectivity index (χ1n) is 4.53. The zero-order chi connectivity index (χ0) is 13.3. The molecular weight excluding hydrogens is 264 g/mol. The molecule has 1 aromatic rings. The second-order valence-electron chi connectivity index (χ2n) is 3.64. The van der Waals surface area contributed by atoms with Gasteiger partial charge < -0.3 is 9.44 Å². The summed E-state index contributed by atoms with van der Waals surface area (Å²) in [6.07, 6.45) is 1.86. The van der Waals surface area contributed by atoms with Gasteiger partial charge in [0.25, 0.3) is 0 Å². The Balaban J connectivity index is 3.22. The topological polar surface area (TPSA) is 96.5 Å². The lowest BCUT2D eigenvalue weighted by molar-refractivity contribution is 0.606. The van der Waals surface area contributed by atoms with Crippen LogP contribution in [0.2, 0.25) is 0 Å². The molecule has 0 heterocycles. The molecule has 0 aliphatic carbocycles. The molecule has 1 rings (SSSR count). The van der Waals surface area contributed by atoms with Gasteiger partial charge in [0, 0.05) is 12.5 Å². The molecule has 0 saturated heterocycles. The average Bonchev–Trinajstić information content (AvgIpc) is 2.05. The monoisotopic (exact) mass is 276 g/mol. The van der Waals surface area contributed by atoms with Crippen LogP contribution >= 0.6 is 0 Å². The number of hydrogen-bond donors (Lipinski definition) is 0. The van der Waals surface area contributed by atoms with E-state index in [0.717, 1.165) is 18.1 Å². The zero-order valence-electron chi connectivity index (χ0n) is 9.58. The van der Waals surface area contributed by atoms with Crippen LogP contribution in [0.1, 0.15) is 5.56 Å². The minimum atomic E-state index is -3.60. The van der Waals surface area contributed by atoms with Crippen molar-refractivity contribution in [1.82, 2.24) is 0 Å². The summed E-state index contributed by atoms with van der Waals surface area (Å²) >= 11 is 0. The third-order valence-electron chi connectivity index (χ3n) is 1.66. The van der Waals surface area contributed by atoms with Crippen LogP contribution in [-0.4, -0.2) is 29.3 Å². The summed E-state index contributed by atoms with van der Waals surface area (Å²) in [4.78, 5) is 0. The number of benzene rings is 1. The minimum Gasteiger partial charge on any atom is -0.578 e. The third kappa shape index (κ3) is 5.05. The molecule has 8 heteroatoms. The second-order valence-corrected chi connectivity index (χ2v) is 6.94. The van der Waals surface area contributed by atoms with E-state index in [4.69, 9.17) is 0 Å². The van der Waals surface area contributed by atoms with Gasteiger partial charge in [-0.25, -0.2) is 16.8 Å². The summed E-state index contributed by atoms with van der Waals surface area (Å²) in [5.74, 6) is 0. The summed E-state index contributed by atoms with van der Waals surface area (Å²) in [7, 11) is -7.20. The fraction of sp³-hybridized carbons (Fsp3) is 0.333. The molecule has 0 spiro atoms. The summed E-state index contributed by atoms with van der Waals surface area (Å²) in [6, 6.07) is 4.51. The first kappa shape index (κ1) is 13.8. The van der Waals surface area contributed by atoms with Gasteiger partial charge in [0.15, 0.2) is 0 Å². The fourth-order valence-corrected chi connectivity index (χ4v) is 2.16. The fourth-order valence-electron chi connectivity index (χ4n) is 1.14. The van der Waals surface area contributed by atoms with Gasteiger partial charge in [0.1, 0.15) is 0 Å². The quantitative estimate of drug-likeness (QED) is 0.839. The van der Waals surface area contributed by atoms with Gasteiger partial charge in [0.05, 0.1) is 20.0 Å². The van der Waals surface area contributed by atoms with E-state index >= 15 is 0 Å². The van der Waals surface area contributed by atoms with Gasteiger partial charge in [-0.05, 0) is 6.92 Å². The lowest BCUT2D eigenvalue weighted by Gasteiger charge is -2.31. The molecule has 96 valence electrons. The van der Waals surface area contributed by atoms with Gasteiger partial charge in [0.2, 0.25) is 0 Å². The van der Waals surface area contributed by atoms with Crippen LogP contribution in [0.4, 0.5) is 11.4 Å². The molecule has 0 aliphatic rings. The Morgan fingerprint density at radius 2 is 1.35 bits per heavy atom. The maximum absolute atomic E-state index is 11.1. The molecule has 6 nitrogen and oxygen atoms in total. The summed E-state index contributed by atoms with van der Waals surface area (Å²) in [6.45, 7) is 1.74. The van der Waals surface area contributed by atoms with Gasteiger partial charge in [-0.15, -0.1) is 11.4 Å². The van der Waals surface area contributed by atoms with Crippen molar-refractivity contribution in [1.29, 1.82) is 0 Å². The molecule has 1 aromatic carbocycles. The summed E-state index contributed by atoms with van der Waals surface area (Å²) in [5.41, 5.74) is 0.807. The van der Waals surface area contributed by atoms with Crippen LogP contribution in [0, 0.1) is 6.92 Å². The molecule has 0 bridgehead atoms. The van der Waals surface area contributed by atoms with Crippen molar-refractivity contribution in [3.05, 3.63) is 33.2 Å². The van der Waals surface area contributed by atoms with Gasteiger partial charge >= 0.3 is 0 Å². The number of nitrogens with zero attached hydrogens (tertiary/aromatic N) is 2. The molecule has 0 saturated carbocycles. The normalized spacial score (nSPS) is 12.2. The predicted octanol–water partition coefficient (Wildman–Crippen LogP) is 1.92. The van der Waals surface area contributed by atoms with Crippen molar-refractivity contribution < 1.29 is 16.8 Å². The van der Waals surface area contributed by atoms with Crippen molar-refractivity contribution in [2.45, 2.75) is 6.92 Å². The molecule has 0 atom stereocenters. The first-order chi connectivity index (χ1) is 7.57. The SMILES string of the molecule is Cc1ccc([N-]S(C)(=O)=O)c([N-]S(C)(=O)=O)c1. The van der Waals surface area contributed by atoms with Crippen LogP contribution < -0.4 is 0 Å². The number of sulfonamides is 2. The second kappa shape index (κ2) is 4.53.